The molecule has 11 heteroatoms. The molecule has 0 spiro atoms. The van der Waals surface area contributed by atoms with Crippen molar-refractivity contribution in [3.05, 3.63) is 82.9 Å². The highest BCUT2D eigenvalue weighted by atomic mass is 19.4. The van der Waals surface area contributed by atoms with Gasteiger partial charge in [0.15, 0.2) is 11.6 Å². The number of rotatable bonds is 10. The second-order valence-electron chi connectivity index (χ2n) is 10.5. The number of alkyl halides is 5. The Morgan fingerprint density at radius 1 is 0.738 bits per heavy atom. The van der Waals surface area contributed by atoms with Gasteiger partial charge in [0.2, 0.25) is 0 Å². The number of halogens is 9. The summed E-state index contributed by atoms with van der Waals surface area (Å²) in [6, 6.07) is 7.66. The van der Waals surface area contributed by atoms with Crippen LogP contribution in [0.25, 0.3) is 11.1 Å². The zero-order chi connectivity index (χ0) is 30.7. The van der Waals surface area contributed by atoms with Gasteiger partial charge in [-0.15, -0.1) is 13.2 Å². The van der Waals surface area contributed by atoms with Crippen LogP contribution in [0.2, 0.25) is 0 Å². The fourth-order valence-electron chi connectivity index (χ4n) is 5.46. The van der Waals surface area contributed by atoms with Crippen molar-refractivity contribution >= 4 is 0 Å². The molecule has 0 bridgehead atoms. The first-order chi connectivity index (χ1) is 19.7. The van der Waals surface area contributed by atoms with E-state index in [4.69, 9.17) is 0 Å². The molecule has 4 rings (SSSR count). The van der Waals surface area contributed by atoms with Crippen LogP contribution in [0.15, 0.2) is 48.5 Å². The lowest BCUT2D eigenvalue weighted by atomic mass is 9.77. The van der Waals surface area contributed by atoms with Crippen molar-refractivity contribution in [1.29, 1.82) is 0 Å². The van der Waals surface area contributed by atoms with Crippen LogP contribution in [-0.2, 0) is 6.42 Å². The Labute approximate surface area is 237 Å². The SMILES string of the molecule is CCCC1CCC(c2ccc(-c3cc(F)c(CCC(F)(F)Oc4ccc(OC(F)(F)F)c(F)c4)c(F)c3)c(F)c2)CC1. The van der Waals surface area contributed by atoms with Gasteiger partial charge in [0.1, 0.15) is 23.2 Å². The Balaban J connectivity index is 1.41. The molecule has 1 aliphatic carbocycles. The largest absolute Gasteiger partial charge is 0.573 e. The van der Waals surface area contributed by atoms with Crippen molar-refractivity contribution in [2.45, 2.75) is 76.7 Å². The summed E-state index contributed by atoms with van der Waals surface area (Å²) in [7, 11) is 0. The normalized spacial score (nSPS) is 17.8. The summed E-state index contributed by atoms with van der Waals surface area (Å²) in [6.07, 6.45) is -5.00. The van der Waals surface area contributed by atoms with E-state index in [-0.39, 0.29) is 23.1 Å². The van der Waals surface area contributed by atoms with Gasteiger partial charge in [-0.1, -0.05) is 31.9 Å². The van der Waals surface area contributed by atoms with Crippen molar-refractivity contribution in [3.8, 4) is 22.6 Å². The molecule has 1 aliphatic rings. The van der Waals surface area contributed by atoms with Crippen molar-refractivity contribution in [2.75, 3.05) is 0 Å². The molecule has 2 nitrogen and oxygen atoms in total. The third-order valence-electron chi connectivity index (χ3n) is 7.52. The molecule has 3 aromatic carbocycles. The molecule has 42 heavy (non-hydrogen) atoms. The van der Waals surface area contributed by atoms with Crippen molar-refractivity contribution < 1.29 is 49.0 Å². The molecule has 228 valence electrons. The van der Waals surface area contributed by atoms with E-state index in [9.17, 15) is 35.1 Å². The number of hydrogen-bond acceptors (Lipinski definition) is 2. The van der Waals surface area contributed by atoms with Gasteiger partial charge in [-0.3, -0.25) is 0 Å². The average Bonchev–Trinajstić information content (AvgIpc) is 2.89. The fourth-order valence-corrected chi connectivity index (χ4v) is 5.46. The van der Waals surface area contributed by atoms with E-state index in [1.54, 1.807) is 6.07 Å². The Bertz CT molecular complexity index is 1360. The molecule has 3 aromatic rings. The van der Waals surface area contributed by atoms with E-state index < -0.39 is 65.6 Å². The van der Waals surface area contributed by atoms with Crippen LogP contribution in [0.3, 0.4) is 0 Å². The maximum Gasteiger partial charge on any atom is 0.573 e. The van der Waals surface area contributed by atoms with Crippen molar-refractivity contribution in [2.24, 2.45) is 5.92 Å². The number of ether oxygens (including phenoxy) is 2. The van der Waals surface area contributed by atoms with E-state index in [1.165, 1.54) is 18.6 Å². The predicted molar refractivity (Wildman–Crippen MR) is 138 cm³/mol. The molecule has 0 N–H and O–H groups in total. The van der Waals surface area contributed by atoms with Gasteiger partial charge in [0.25, 0.3) is 0 Å². The predicted octanol–water partition coefficient (Wildman–Crippen LogP) is 10.5. The number of benzene rings is 3. The monoisotopic (exact) mass is 604 g/mol. The van der Waals surface area contributed by atoms with Crippen LogP contribution in [0, 0.1) is 29.2 Å². The maximum atomic E-state index is 15.0. The highest BCUT2D eigenvalue weighted by Crippen LogP contribution is 2.39. The average molecular weight is 605 g/mol. The highest BCUT2D eigenvalue weighted by molar-refractivity contribution is 5.65. The molecule has 0 aliphatic heterocycles. The molecular formula is C31H29F9O2. The van der Waals surface area contributed by atoms with Crippen LogP contribution >= 0.6 is 0 Å². The van der Waals surface area contributed by atoms with E-state index in [0.717, 1.165) is 49.8 Å². The Kier molecular flexibility index (Phi) is 9.67. The summed E-state index contributed by atoms with van der Waals surface area (Å²) < 4.78 is 132. The van der Waals surface area contributed by atoms with E-state index in [2.05, 4.69) is 16.4 Å². The molecule has 0 radical (unpaired) electrons. The molecular weight excluding hydrogens is 575 g/mol. The smallest absolute Gasteiger partial charge is 0.432 e. The lowest BCUT2D eigenvalue weighted by Gasteiger charge is -2.28. The minimum absolute atomic E-state index is 0.0311. The first-order valence-electron chi connectivity index (χ1n) is 13.6. The van der Waals surface area contributed by atoms with Gasteiger partial charge in [-0.2, -0.15) is 8.78 Å². The Hall–Kier alpha value is -3.37. The van der Waals surface area contributed by atoms with Crippen LogP contribution in [0.5, 0.6) is 11.5 Å². The summed E-state index contributed by atoms with van der Waals surface area (Å²) in [5.74, 6) is -5.76. The quantitative estimate of drug-likeness (QED) is 0.214. The first kappa shape index (κ1) is 31.6. The van der Waals surface area contributed by atoms with Gasteiger partial charge in [-0.05, 0) is 85.4 Å². The highest BCUT2D eigenvalue weighted by Gasteiger charge is 2.35. The van der Waals surface area contributed by atoms with Crippen molar-refractivity contribution in [1.82, 2.24) is 0 Å². The minimum Gasteiger partial charge on any atom is -0.432 e. The maximum absolute atomic E-state index is 15.0. The third-order valence-corrected chi connectivity index (χ3v) is 7.52. The summed E-state index contributed by atoms with van der Waals surface area (Å²) in [4.78, 5) is 0. The lowest BCUT2D eigenvalue weighted by molar-refractivity contribution is -0.275. The standard InChI is InChI=1S/C31H29F9O2/c1-2-3-18-4-6-19(7-5-18)20-8-10-23(25(32)14-20)21-15-26(33)24(27(34)16-21)12-13-30(36,37)41-22-9-11-29(28(35)17-22)42-31(38,39)40/h8-11,14-19H,2-7,12-13H2,1H3. The molecule has 0 unspecified atom stereocenters. The summed E-state index contributed by atoms with van der Waals surface area (Å²) in [5.41, 5.74) is 0.0110. The third kappa shape index (κ3) is 8.13. The zero-order valence-corrected chi connectivity index (χ0v) is 22.6. The molecule has 0 atom stereocenters. The lowest BCUT2D eigenvalue weighted by Crippen LogP contribution is -2.26. The molecule has 0 aromatic heterocycles. The van der Waals surface area contributed by atoms with Gasteiger partial charge in [-0.25, -0.2) is 17.6 Å². The summed E-state index contributed by atoms with van der Waals surface area (Å²) >= 11 is 0. The fraction of sp³-hybridized carbons (Fsp3) is 0.419. The van der Waals surface area contributed by atoms with E-state index in [0.29, 0.717) is 18.1 Å². The second-order valence-corrected chi connectivity index (χ2v) is 10.5. The van der Waals surface area contributed by atoms with E-state index in [1.807, 2.05) is 0 Å². The van der Waals surface area contributed by atoms with E-state index >= 15 is 4.39 Å². The first-order valence-corrected chi connectivity index (χ1v) is 13.6. The Morgan fingerprint density at radius 2 is 1.40 bits per heavy atom. The topological polar surface area (TPSA) is 18.5 Å². The molecule has 0 amide bonds. The van der Waals surface area contributed by atoms with Crippen LogP contribution in [0.4, 0.5) is 39.5 Å². The second kappa shape index (κ2) is 12.9. The number of hydrogen-bond donors (Lipinski definition) is 0. The van der Waals surface area contributed by atoms with Gasteiger partial charge in [0.05, 0.1) is 6.42 Å². The van der Waals surface area contributed by atoms with Crippen LogP contribution in [-0.4, -0.2) is 12.5 Å². The molecule has 0 heterocycles. The molecule has 0 saturated heterocycles. The Morgan fingerprint density at radius 3 is 1.98 bits per heavy atom. The van der Waals surface area contributed by atoms with Crippen LogP contribution < -0.4 is 9.47 Å². The van der Waals surface area contributed by atoms with Gasteiger partial charge < -0.3 is 9.47 Å². The van der Waals surface area contributed by atoms with Gasteiger partial charge in [0, 0.05) is 17.2 Å². The minimum atomic E-state index is -5.20. The summed E-state index contributed by atoms with van der Waals surface area (Å²) in [6.45, 7) is 2.15. The molecule has 1 fully saturated rings. The molecule has 1 saturated carbocycles. The van der Waals surface area contributed by atoms with Crippen molar-refractivity contribution in [3.63, 3.8) is 0 Å². The zero-order valence-electron chi connectivity index (χ0n) is 22.6. The summed E-state index contributed by atoms with van der Waals surface area (Å²) in [5, 5.41) is 0. The van der Waals surface area contributed by atoms with Gasteiger partial charge >= 0.3 is 12.5 Å². The van der Waals surface area contributed by atoms with Crippen LogP contribution in [0.1, 0.15) is 68.9 Å².